The second kappa shape index (κ2) is 5.95. The van der Waals surface area contributed by atoms with Crippen LogP contribution in [-0.4, -0.2) is 9.78 Å². The average Bonchev–Trinajstić information content (AvgIpc) is 2.75. The normalized spacial score (nSPS) is 12.7. The highest BCUT2D eigenvalue weighted by Gasteiger charge is 2.13. The summed E-state index contributed by atoms with van der Waals surface area (Å²) in [4.78, 5) is 0. The third kappa shape index (κ3) is 3.30. The van der Waals surface area contributed by atoms with Gasteiger partial charge in [-0.15, -0.1) is 0 Å². The van der Waals surface area contributed by atoms with Crippen molar-refractivity contribution in [3.63, 3.8) is 0 Å². The van der Waals surface area contributed by atoms with Gasteiger partial charge in [0.2, 0.25) is 0 Å². The number of rotatable bonds is 4. The van der Waals surface area contributed by atoms with Gasteiger partial charge < -0.3 is 5.73 Å². The molecule has 2 N–H and O–H groups in total. The van der Waals surface area contributed by atoms with E-state index in [4.69, 9.17) is 28.9 Å². The number of benzene rings is 1. The highest BCUT2D eigenvalue weighted by atomic mass is 35.5. The van der Waals surface area contributed by atoms with Gasteiger partial charge in [-0.05, 0) is 36.6 Å². The number of hydrogen-bond donors (Lipinski definition) is 1. The molecule has 19 heavy (non-hydrogen) atoms. The Morgan fingerprint density at radius 2 is 2.00 bits per heavy atom. The molecule has 1 heterocycles. The van der Waals surface area contributed by atoms with E-state index in [-0.39, 0.29) is 6.04 Å². The van der Waals surface area contributed by atoms with Crippen molar-refractivity contribution in [2.75, 3.05) is 0 Å². The molecular formula is C14H17Cl2N3. The summed E-state index contributed by atoms with van der Waals surface area (Å²) >= 11 is 11.9. The van der Waals surface area contributed by atoms with Crippen molar-refractivity contribution in [2.45, 2.75) is 25.8 Å². The van der Waals surface area contributed by atoms with Gasteiger partial charge in [0, 0.05) is 7.05 Å². The van der Waals surface area contributed by atoms with Crippen molar-refractivity contribution in [3.8, 4) is 0 Å². The van der Waals surface area contributed by atoms with E-state index in [0.29, 0.717) is 16.5 Å². The van der Waals surface area contributed by atoms with Crippen molar-refractivity contribution in [2.24, 2.45) is 12.8 Å². The quantitative estimate of drug-likeness (QED) is 0.938. The van der Waals surface area contributed by atoms with Crippen LogP contribution in [0.15, 0.2) is 24.3 Å². The van der Waals surface area contributed by atoms with Crippen molar-refractivity contribution in [1.29, 1.82) is 0 Å². The molecule has 1 aromatic carbocycles. The van der Waals surface area contributed by atoms with E-state index in [9.17, 15) is 0 Å². The van der Waals surface area contributed by atoms with Gasteiger partial charge in [0.15, 0.2) is 0 Å². The summed E-state index contributed by atoms with van der Waals surface area (Å²) in [5, 5.41) is 5.54. The highest BCUT2D eigenvalue weighted by Crippen LogP contribution is 2.25. The van der Waals surface area contributed by atoms with Gasteiger partial charge in [0.25, 0.3) is 0 Å². The average molecular weight is 298 g/mol. The Balaban J connectivity index is 2.17. The second-order valence-electron chi connectivity index (χ2n) is 4.60. The van der Waals surface area contributed by atoms with E-state index in [1.807, 2.05) is 23.9 Å². The third-order valence-corrected chi connectivity index (χ3v) is 3.89. The first kappa shape index (κ1) is 14.4. The maximum atomic E-state index is 6.25. The van der Waals surface area contributed by atoms with E-state index in [1.165, 1.54) is 0 Å². The lowest BCUT2D eigenvalue weighted by Crippen LogP contribution is -2.17. The van der Waals surface area contributed by atoms with Crippen LogP contribution in [0.1, 0.15) is 29.9 Å². The largest absolute Gasteiger partial charge is 0.322 e. The summed E-state index contributed by atoms with van der Waals surface area (Å²) in [6, 6.07) is 7.57. The van der Waals surface area contributed by atoms with Crippen LogP contribution in [0.2, 0.25) is 10.0 Å². The lowest BCUT2D eigenvalue weighted by atomic mass is 10.0. The predicted molar refractivity (Wildman–Crippen MR) is 79.7 cm³/mol. The zero-order valence-electron chi connectivity index (χ0n) is 11.0. The molecule has 0 bridgehead atoms. The lowest BCUT2D eigenvalue weighted by Gasteiger charge is -2.12. The first-order valence-electron chi connectivity index (χ1n) is 6.23. The predicted octanol–water partition coefficient (Wildman–Crippen LogP) is 3.53. The Morgan fingerprint density at radius 1 is 1.26 bits per heavy atom. The van der Waals surface area contributed by atoms with Gasteiger partial charge in [-0.3, -0.25) is 4.68 Å². The van der Waals surface area contributed by atoms with Gasteiger partial charge in [-0.25, -0.2) is 0 Å². The number of aryl methyl sites for hydroxylation is 2. The standard InChI is InChI=1S/C14H17Cl2N3/c1-3-10-8-14(19(2)18-10)13(17)7-9-4-5-11(15)12(16)6-9/h4-6,8,13H,3,7,17H2,1-2H3. The first-order valence-corrected chi connectivity index (χ1v) is 6.99. The van der Waals surface area contributed by atoms with Crippen LogP contribution in [0.3, 0.4) is 0 Å². The molecule has 0 saturated heterocycles. The molecule has 0 spiro atoms. The zero-order chi connectivity index (χ0) is 14.0. The summed E-state index contributed by atoms with van der Waals surface area (Å²) in [5.41, 5.74) is 9.41. The van der Waals surface area contributed by atoms with Crippen LogP contribution in [0.25, 0.3) is 0 Å². The SMILES string of the molecule is CCc1cc(C(N)Cc2ccc(Cl)c(Cl)c2)n(C)n1. The molecule has 0 aliphatic heterocycles. The molecule has 0 saturated carbocycles. The third-order valence-electron chi connectivity index (χ3n) is 3.15. The molecule has 3 nitrogen and oxygen atoms in total. The van der Waals surface area contributed by atoms with Crippen LogP contribution in [0.4, 0.5) is 0 Å². The number of hydrogen-bond acceptors (Lipinski definition) is 2. The van der Waals surface area contributed by atoms with Gasteiger partial charge in [-0.2, -0.15) is 5.10 Å². The van der Waals surface area contributed by atoms with Crippen LogP contribution in [0, 0.1) is 0 Å². The summed E-state index contributed by atoms with van der Waals surface area (Å²) in [6.45, 7) is 2.08. The molecule has 1 unspecified atom stereocenters. The van der Waals surface area contributed by atoms with E-state index >= 15 is 0 Å². The monoisotopic (exact) mass is 297 g/mol. The number of halogens is 2. The minimum absolute atomic E-state index is 0.102. The summed E-state index contributed by atoms with van der Waals surface area (Å²) in [5.74, 6) is 0. The minimum atomic E-state index is -0.102. The second-order valence-corrected chi connectivity index (χ2v) is 5.41. The summed E-state index contributed by atoms with van der Waals surface area (Å²) < 4.78 is 1.85. The van der Waals surface area contributed by atoms with Crippen LogP contribution in [-0.2, 0) is 19.9 Å². The molecule has 0 amide bonds. The van der Waals surface area contributed by atoms with E-state index in [2.05, 4.69) is 18.1 Å². The fraction of sp³-hybridized carbons (Fsp3) is 0.357. The molecule has 1 atom stereocenters. The fourth-order valence-corrected chi connectivity index (χ4v) is 2.41. The Labute approximate surface area is 123 Å². The van der Waals surface area contributed by atoms with E-state index in [1.54, 1.807) is 6.07 Å². The molecular weight excluding hydrogens is 281 g/mol. The molecule has 0 radical (unpaired) electrons. The number of nitrogens with two attached hydrogens (primary N) is 1. The first-order chi connectivity index (χ1) is 9.01. The Hall–Kier alpha value is -1.03. The van der Waals surface area contributed by atoms with Gasteiger partial charge in [-0.1, -0.05) is 36.2 Å². The smallest absolute Gasteiger partial charge is 0.0625 e. The van der Waals surface area contributed by atoms with Crippen LogP contribution in [0.5, 0.6) is 0 Å². The Kier molecular flexibility index (Phi) is 4.50. The molecule has 1 aromatic heterocycles. The van der Waals surface area contributed by atoms with Gasteiger partial charge in [0.05, 0.1) is 27.5 Å². The molecule has 0 fully saturated rings. The summed E-state index contributed by atoms with van der Waals surface area (Å²) in [7, 11) is 1.92. The number of aromatic nitrogens is 2. The van der Waals surface area contributed by atoms with Crippen molar-refractivity contribution >= 4 is 23.2 Å². The van der Waals surface area contributed by atoms with Crippen molar-refractivity contribution < 1.29 is 0 Å². The Bertz CT molecular complexity index is 578. The van der Waals surface area contributed by atoms with Crippen molar-refractivity contribution in [1.82, 2.24) is 9.78 Å². The van der Waals surface area contributed by atoms with Crippen LogP contribution >= 0.6 is 23.2 Å². The van der Waals surface area contributed by atoms with Gasteiger partial charge in [0.1, 0.15) is 0 Å². The van der Waals surface area contributed by atoms with Crippen molar-refractivity contribution in [3.05, 3.63) is 51.3 Å². The Morgan fingerprint density at radius 3 is 2.58 bits per heavy atom. The maximum absolute atomic E-state index is 6.25. The fourth-order valence-electron chi connectivity index (χ4n) is 2.09. The molecule has 2 rings (SSSR count). The molecule has 2 aromatic rings. The van der Waals surface area contributed by atoms with E-state index in [0.717, 1.165) is 23.4 Å². The topological polar surface area (TPSA) is 43.8 Å². The summed E-state index contributed by atoms with van der Waals surface area (Å²) in [6.07, 6.45) is 1.62. The highest BCUT2D eigenvalue weighted by molar-refractivity contribution is 6.42. The van der Waals surface area contributed by atoms with E-state index < -0.39 is 0 Å². The molecule has 0 aliphatic carbocycles. The molecule has 0 aliphatic rings. The zero-order valence-corrected chi connectivity index (χ0v) is 12.5. The number of nitrogens with zero attached hydrogens (tertiary/aromatic N) is 2. The van der Waals surface area contributed by atoms with Gasteiger partial charge >= 0.3 is 0 Å². The minimum Gasteiger partial charge on any atom is -0.322 e. The van der Waals surface area contributed by atoms with Crippen LogP contribution < -0.4 is 5.73 Å². The molecule has 102 valence electrons. The maximum Gasteiger partial charge on any atom is 0.0625 e. The molecule has 5 heteroatoms. The lowest BCUT2D eigenvalue weighted by molar-refractivity contribution is 0.614.